The fourth-order valence-electron chi connectivity index (χ4n) is 1.05. The largest absolute Gasteiger partial charge is 0.388 e. The van der Waals surface area contributed by atoms with Gasteiger partial charge in [-0.3, -0.25) is 0 Å². The van der Waals surface area contributed by atoms with Crippen molar-refractivity contribution in [3.63, 3.8) is 0 Å². The summed E-state index contributed by atoms with van der Waals surface area (Å²) in [6.07, 6.45) is 0. The molecule has 0 aliphatic heterocycles. The van der Waals surface area contributed by atoms with Gasteiger partial charge in [-0.15, -0.1) is 11.3 Å². The molecule has 1 nitrogen and oxygen atoms in total. The standard InChI is InChI=1S/C9H8NS/c1-10-8-3-2-7-4-5-11-9(7)6-8/h2-3,5-6,10H,1H3. The maximum Gasteiger partial charge on any atom is 0.0369 e. The molecular weight excluding hydrogens is 154 g/mol. The Hall–Kier alpha value is -1.02. The van der Waals surface area contributed by atoms with Gasteiger partial charge in [0.1, 0.15) is 0 Å². The van der Waals surface area contributed by atoms with E-state index >= 15 is 0 Å². The average Bonchev–Trinajstić information content (AvgIpc) is 2.50. The van der Waals surface area contributed by atoms with Gasteiger partial charge in [-0.25, -0.2) is 0 Å². The number of fused-ring (bicyclic) bond motifs is 1. The van der Waals surface area contributed by atoms with Crippen LogP contribution in [0.3, 0.4) is 0 Å². The lowest BCUT2D eigenvalue weighted by atomic mass is 10.2. The average molecular weight is 162 g/mol. The van der Waals surface area contributed by atoms with Crippen molar-refractivity contribution in [2.24, 2.45) is 0 Å². The molecule has 0 amide bonds. The van der Waals surface area contributed by atoms with Gasteiger partial charge >= 0.3 is 0 Å². The van der Waals surface area contributed by atoms with E-state index in [4.69, 9.17) is 0 Å². The zero-order valence-electron chi connectivity index (χ0n) is 6.22. The highest BCUT2D eigenvalue weighted by Gasteiger charge is 1.94. The van der Waals surface area contributed by atoms with Crippen LogP contribution >= 0.6 is 11.3 Å². The Morgan fingerprint density at radius 2 is 2.36 bits per heavy atom. The molecule has 2 heteroatoms. The van der Waals surface area contributed by atoms with Gasteiger partial charge in [-0.05, 0) is 17.5 Å². The van der Waals surface area contributed by atoms with Gasteiger partial charge in [0.15, 0.2) is 0 Å². The third kappa shape index (κ3) is 1.10. The van der Waals surface area contributed by atoms with E-state index in [9.17, 15) is 0 Å². The molecule has 1 radical (unpaired) electrons. The molecule has 0 spiro atoms. The Labute approximate surface area is 69.7 Å². The smallest absolute Gasteiger partial charge is 0.0369 e. The van der Waals surface area contributed by atoms with Gasteiger partial charge in [0.25, 0.3) is 0 Å². The summed E-state index contributed by atoms with van der Waals surface area (Å²) >= 11 is 1.72. The molecule has 0 atom stereocenters. The Kier molecular flexibility index (Phi) is 1.55. The fourth-order valence-corrected chi connectivity index (χ4v) is 1.81. The van der Waals surface area contributed by atoms with Crippen LogP contribution in [0.25, 0.3) is 10.1 Å². The summed E-state index contributed by atoms with van der Waals surface area (Å²) in [5.74, 6) is 0. The number of hydrogen-bond acceptors (Lipinski definition) is 2. The molecule has 11 heavy (non-hydrogen) atoms. The van der Waals surface area contributed by atoms with Crippen molar-refractivity contribution < 1.29 is 0 Å². The Morgan fingerprint density at radius 3 is 3.18 bits per heavy atom. The van der Waals surface area contributed by atoms with E-state index < -0.39 is 0 Å². The predicted octanol–water partition coefficient (Wildman–Crippen LogP) is 2.74. The van der Waals surface area contributed by atoms with Gasteiger partial charge in [0.05, 0.1) is 0 Å². The molecule has 0 bridgehead atoms. The fraction of sp³-hybridized carbons (Fsp3) is 0.111. The van der Waals surface area contributed by atoms with Crippen LogP contribution in [0.2, 0.25) is 0 Å². The topological polar surface area (TPSA) is 12.0 Å². The lowest BCUT2D eigenvalue weighted by Crippen LogP contribution is -1.85. The highest BCUT2D eigenvalue weighted by molar-refractivity contribution is 7.17. The monoisotopic (exact) mass is 162 g/mol. The summed E-state index contributed by atoms with van der Waals surface area (Å²) < 4.78 is 1.29. The van der Waals surface area contributed by atoms with Crippen LogP contribution in [0.4, 0.5) is 5.69 Å². The molecule has 0 saturated carbocycles. The maximum atomic E-state index is 3.16. The van der Waals surface area contributed by atoms with E-state index in [1.54, 1.807) is 11.3 Å². The zero-order chi connectivity index (χ0) is 7.68. The molecule has 1 N–H and O–H groups in total. The normalized spacial score (nSPS) is 10.3. The summed E-state index contributed by atoms with van der Waals surface area (Å²) in [4.78, 5) is 0. The quantitative estimate of drug-likeness (QED) is 0.679. The van der Waals surface area contributed by atoms with E-state index in [0.29, 0.717) is 0 Å². The number of rotatable bonds is 1. The zero-order valence-corrected chi connectivity index (χ0v) is 7.03. The van der Waals surface area contributed by atoms with Crippen molar-refractivity contribution in [2.75, 3.05) is 12.4 Å². The van der Waals surface area contributed by atoms with E-state index in [1.165, 1.54) is 10.1 Å². The predicted molar refractivity (Wildman–Crippen MR) is 50.2 cm³/mol. The number of benzene rings is 1. The molecule has 0 saturated heterocycles. The third-order valence-corrected chi connectivity index (χ3v) is 2.50. The first-order valence-corrected chi connectivity index (χ1v) is 4.35. The maximum absolute atomic E-state index is 3.16. The second-order valence-electron chi connectivity index (χ2n) is 2.34. The molecule has 0 fully saturated rings. The van der Waals surface area contributed by atoms with Crippen molar-refractivity contribution in [3.8, 4) is 0 Å². The SMILES string of the molecule is CNc1ccc2[c]csc2c1. The molecule has 0 unspecified atom stereocenters. The Morgan fingerprint density at radius 1 is 1.45 bits per heavy atom. The minimum Gasteiger partial charge on any atom is -0.388 e. The molecule has 2 rings (SSSR count). The van der Waals surface area contributed by atoms with Gasteiger partial charge in [0, 0.05) is 28.9 Å². The lowest BCUT2D eigenvalue weighted by Gasteiger charge is -1.97. The third-order valence-electron chi connectivity index (χ3n) is 1.67. The number of anilines is 1. The van der Waals surface area contributed by atoms with Crippen LogP contribution in [-0.4, -0.2) is 7.05 Å². The minimum atomic E-state index is 1.16. The summed E-state index contributed by atoms with van der Waals surface area (Å²) in [7, 11) is 1.93. The van der Waals surface area contributed by atoms with E-state index in [0.717, 1.165) is 5.69 Å². The minimum absolute atomic E-state index is 1.16. The van der Waals surface area contributed by atoms with E-state index in [-0.39, 0.29) is 0 Å². The van der Waals surface area contributed by atoms with E-state index in [1.807, 2.05) is 12.4 Å². The molecule has 55 valence electrons. The molecule has 0 aliphatic rings. The van der Waals surface area contributed by atoms with Gasteiger partial charge < -0.3 is 5.32 Å². The number of thiophene rings is 1. The van der Waals surface area contributed by atoms with Gasteiger partial charge in [0.2, 0.25) is 0 Å². The van der Waals surface area contributed by atoms with Gasteiger partial charge in [-0.1, -0.05) is 6.07 Å². The van der Waals surface area contributed by atoms with Crippen molar-refractivity contribution in [2.45, 2.75) is 0 Å². The lowest BCUT2D eigenvalue weighted by molar-refractivity contribution is 1.54. The van der Waals surface area contributed by atoms with Crippen LogP contribution in [0.5, 0.6) is 0 Å². The molecule has 1 aromatic carbocycles. The first-order valence-electron chi connectivity index (χ1n) is 3.47. The number of nitrogens with one attached hydrogen (secondary N) is 1. The van der Waals surface area contributed by atoms with E-state index in [2.05, 4.69) is 29.6 Å². The van der Waals surface area contributed by atoms with Gasteiger partial charge in [-0.2, -0.15) is 0 Å². The summed E-state index contributed by atoms with van der Waals surface area (Å²) in [5.41, 5.74) is 1.16. The first-order chi connectivity index (χ1) is 5.40. The van der Waals surface area contributed by atoms with Crippen LogP contribution in [0.1, 0.15) is 0 Å². The second kappa shape index (κ2) is 2.55. The van der Waals surface area contributed by atoms with Crippen molar-refractivity contribution >= 4 is 27.1 Å². The van der Waals surface area contributed by atoms with Crippen LogP contribution < -0.4 is 5.32 Å². The molecule has 2 aromatic rings. The molecule has 0 aliphatic carbocycles. The molecule has 1 heterocycles. The first kappa shape index (κ1) is 6.68. The van der Waals surface area contributed by atoms with Crippen molar-refractivity contribution in [1.29, 1.82) is 0 Å². The second-order valence-corrected chi connectivity index (χ2v) is 3.25. The Balaban J connectivity index is 2.67. The van der Waals surface area contributed by atoms with Crippen molar-refractivity contribution in [3.05, 3.63) is 29.6 Å². The highest BCUT2D eigenvalue weighted by Crippen LogP contribution is 2.23. The molecule has 1 aromatic heterocycles. The van der Waals surface area contributed by atoms with Crippen LogP contribution in [-0.2, 0) is 0 Å². The highest BCUT2D eigenvalue weighted by atomic mass is 32.1. The Bertz CT molecular complexity index is 364. The number of hydrogen-bond donors (Lipinski definition) is 1. The van der Waals surface area contributed by atoms with Crippen LogP contribution in [0.15, 0.2) is 23.6 Å². The summed E-state index contributed by atoms with van der Waals surface area (Å²) in [6.45, 7) is 0. The van der Waals surface area contributed by atoms with Crippen LogP contribution in [0, 0.1) is 6.07 Å². The van der Waals surface area contributed by atoms with Crippen molar-refractivity contribution in [1.82, 2.24) is 0 Å². The summed E-state index contributed by atoms with van der Waals surface area (Å²) in [5, 5.41) is 6.29. The summed E-state index contributed by atoms with van der Waals surface area (Å²) in [6, 6.07) is 9.44. The molecular formula is C9H8NS.